The van der Waals surface area contributed by atoms with Crippen molar-refractivity contribution in [1.29, 1.82) is 0 Å². The number of carboxylic acid groups (broad SMARTS) is 1. The van der Waals surface area contributed by atoms with Crippen molar-refractivity contribution in [3.63, 3.8) is 0 Å². The maximum Gasteiger partial charge on any atom is 0.303 e. The molecule has 0 aliphatic carbocycles. The molecule has 0 saturated carbocycles. The third-order valence-corrected chi connectivity index (χ3v) is 6.07. The molecular weight excluding hydrogens is 454 g/mol. The molecule has 3 rings (SSSR count). The number of rotatable bonds is 11. The molecule has 1 unspecified atom stereocenters. The average molecular weight is 477 g/mol. The summed E-state index contributed by atoms with van der Waals surface area (Å²) in [5.41, 5.74) is 0.461. The fourth-order valence-electron chi connectivity index (χ4n) is 3.49. The number of nitrogens with zero attached hydrogens (tertiary/aromatic N) is 1. The van der Waals surface area contributed by atoms with E-state index in [0.717, 1.165) is 4.90 Å². The molecule has 1 saturated heterocycles. The Bertz CT molecular complexity index is 996. The molecule has 2 aliphatic heterocycles. The number of piperidine rings is 1. The normalized spacial score (nSPS) is 17.7. The van der Waals surface area contributed by atoms with Crippen molar-refractivity contribution in [1.82, 2.24) is 15.5 Å². The van der Waals surface area contributed by atoms with E-state index >= 15 is 0 Å². The summed E-state index contributed by atoms with van der Waals surface area (Å²) in [4.78, 5) is 72.7. The Kier molecular flexibility index (Phi) is 8.17. The number of carboxylic acids is 1. The van der Waals surface area contributed by atoms with E-state index in [2.05, 4.69) is 10.6 Å². The Morgan fingerprint density at radius 1 is 1.15 bits per heavy atom. The van der Waals surface area contributed by atoms with Crippen LogP contribution in [0.25, 0.3) is 0 Å². The van der Waals surface area contributed by atoms with Crippen molar-refractivity contribution in [2.75, 3.05) is 25.5 Å². The van der Waals surface area contributed by atoms with Gasteiger partial charge in [-0.1, -0.05) is 6.07 Å². The highest BCUT2D eigenvalue weighted by molar-refractivity contribution is 7.99. The number of thioether (sulfide) groups is 1. The van der Waals surface area contributed by atoms with Crippen molar-refractivity contribution < 1.29 is 38.6 Å². The number of aliphatic carboxylic acids is 1. The van der Waals surface area contributed by atoms with Crippen molar-refractivity contribution in [2.45, 2.75) is 36.6 Å². The highest BCUT2D eigenvalue weighted by Gasteiger charge is 2.45. The quantitative estimate of drug-likeness (QED) is 0.229. The number of fused-ring (bicyclic) bond motifs is 1. The third-order valence-electron chi connectivity index (χ3n) is 5.05. The molecule has 2 heterocycles. The number of imide groups is 2. The van der Waals surface area contributed by atoms with E-state index < -0.39 is 35.6 Å². The Morgan fingerprint density at radius 2 is 1.94 bits per heavy atom. The second-order valence-corrected chi connectivity index (χ2v) is 8.47. The molecule has 176 valence electrons. The Morgan fingerprint density at radius 3 is 2.67 bits per heavy atom. The highest BCUT2D eigenvalue weighted by atomic mass is 32.2. The summed E-state index contributed by atoms with van der Waals surface area (Å²) < 4.78 is 5.44. The van der Waals surface area contributed by atoms with E-state index in [1.54, 1.807) is 12.1 Å². The van der Waals surface area contributed by atoms with Crippen molar-refractivity contribution in [3.05, 3.63) is 29.3 Å². The first-order valence-electron chi connectivity index (χ1n) is 10.3. The second kappa shape index (κ2) is 11.1. The first-order chi connectivity index (χ1) is 15.8. The summed E-state index contributed by atoms with van der Waals surface area (Å²) in [6.45, 7) is 0.809. The van der Waals surface area contributed by atoms with Gasteiger partial charge in [-0.3, -0.25) is 39.0 Å². The highest BCUT2D eigenvalue weighted by Crippen LogP contribution is 2.34. The van der Waals surface area contributed by atoms with Crippen molar-refractivity contribution in [2.24, 2.45) is 0 Å². The molecule has 0 aromatic heterocycles. The van der Waals surface area contributed by atoms with Gasteiger partial charge in [0, 0.05) is 30.0 Å². The van der Waals surface area contributed by atoms with Crippen LogP contribution in [-0.2, 0) is 23.9 Å². The van der Waals surface area contributed by atoms with Crippen LogP contribution in [0.15, 0.2) is 23.1 Å². The summed E-state index contributed by atoms with van der Waals surface area (Å²) in [7, 11) is 0. The van der Waals surface area contributed by atoms with E-state index in [1.807, 2.05) is 0 Å². The first-order valence-corrected chi connectivity index (χ1v) is 11.3. The van der Waals surface area contributed by atoms with Gasteiger partial charge in [0.05, 0.1) is 30.8 Å². The van der Waals surface area contributed by atoms with Gasteiger partial charge in [-0.05, 0) is 18.6 Å². The van der Waals surface area contributed by atoms with Gasteiger partial charge in [0.2, 0.25) is 17.7 Å². The van der Waals surface area contributed by atoms with Crippen LogP contribution in [-0.4, -0.2) is 77.1 Å². The number of hydrogen-bond acceptors (Lipinski definition) is 8. The van der Waals surface area contributed by atoms with Crippen LogP contribution in [0.2, 0.25) is 0 Å². The van der Waals surface area contributed by atoms with Crippen LogP contribution in [0.5, 0.6) is 0 Å². The number of nitrogens with one attached hydrogen (secondary N) is 2. The lowest BCUT2D eigenvalue weighted by Gasteiger charge is -2.27. The molecule has 5 amide bonds. The van der Waals surface area contributed by atoms with Gasteiger partial charge in [0.25, 0.3) is 11.8 Å². The molecule has 12 heteroatoms. The molecule has 2 aliphatic rings. The fourth-order valence-corrected chi connectivity index (χ4v) is 4.43. The van der Waals surface area contributed by atoms with E-state index in [-0.39, 0.29) is 55.9 Å². The van der Waals surface area contributed by atoms with Gasteiger partial charge in [-0.2, -0.15) is 0 Å². The molecule has 1 aromatic carbocycles. The minimum Gasteiger partial charge on any atom is -0.481 e. The molecule has 0 radical (unpaired) electrons. The average Bonchev–Trinajstić information content (AvgIpc) is 3.02. The van der Waals surface area contributed by atoms with Crippen LogP contribution in [0, 0.1) is 0 Å². The molecule has 0 bridgehead atoms. The molecular formula is C21H23N3O8S. The summed E-state index contributed by atoms with van der Waals surface area (Å²) in [6.07, 6.45) is -0.165. The maximum absolute atomic E-state index is 13.0. The summed E-state index contributed by atoms with van der Waals surface area (Å²) in [5, 5.41) is 13.3. The summed E-state index contributed by atoms with van der Waals surface area (Å²) in [5.74, 6) is -3.12. The number of carbonyl (C=O) groups excluding carboxylic acids is 5. The number of ether oxygens (including phenoxy) is 1. The van der Waals surface area contributed by atoms with Crippen LogP contribution in [0.4, 0.5) is 0 Å². The van der Waals surface area contributed by atoms with E-state index in [1.165, 1.54) is 17.8 Å². The summed E-state index contributed by atoms with van der Waals surface area (Å²) >= 11 is 1.33. The third kappa shape index (κ3) is 5.96. The van der Waals surface area contributed by atoms with Gasteiger partial charge >= 0.3 is 5.97 Å². The number of benzene rings is 1. The lowest BCUT2D eigenvalue weighted by atomic mass is 10.0. The Hall–Kier alpha value is -3.25. The standard InChI is InChI=1S/C21H23N3O8S/c25-15(6-7-17(27)28)22-8-9-32-10-11-33-14-3-1-2-12-18(14)21(31)24(20(12)30)13-4-5-16(26)23-19(13)29/h1-3,13H,4-11H2,(H,22,25)(H,27,28)(H,23,26,29). The van der Waals surface area contributed by atoms with Crippen LogP contribution in [0.3, 0.4) is 0 Å². The number of carbonyl (C=O) groups is 6. The lowest BCUT2D eigenvalue weighted by Crippen LogP contribution is -2.54. The molecule has 1 aromatic rings. The molecule has 1 fully saturated rings. The Balaban J connectivity index is 1.49. The number of amides is 5. The Labute approximate surface area is 193 Å². The van der Waals surface area contributed by atoms with Crippen molar-refractivity contribution in [3.8, 4) is 0 Å². The van der Waals surface area contributed by atoms with Gasteiger partial charge < -0.3 is 15.2 Å². The molecule has 33 heavy (non-hydrogen) atoms. The van der Waals surface area contributed by atoms with E-state index in [0.29, 0.717) is 17.3 Å². The lowest BCUT2D eigenvalue weighted by molar-refractivity contribution is -0.139. The monoisotopic (exact) mass is 477 g/mol. The molecule has 1 atom stereocenters. The zero-order valence-electron chi connectivity index (χ0n) is 17.6. The minimum absolute atomic E-state index is 0.0583. The van der Waals surface area contributed by atoms with Crippen LogP contribution < -0.4 is 10.6 Å². The zero-order valence-corrected chi connectivity index (χ0v) is 18.4. The predicted octanol–water partition coefficient (Wildman–Crippen LogP) is 0.178. The molecule has 3 N–H and O–H groups in total. The van der Waals surface area contributed by atoms with Gasteiger partial charge in [-0.25, -0.2) is 0 Å². The minimum atomic E-state index is -1.04. The smallest absolute Gasteiger partial charge is 0.303 e. The maximum atomic E-state index is 13.0. The van der Waals surface area contributed by atoms with Crippen LogP contribution >= 0.6 is 11.8 Å². The SMILES string of the molecule is O=C(O)CCC(=O)NCCOCCSc1cccc2c1C(=O)N(C1CCC(=O)NC1=O)C2=O. The van der Waals surface area contributed by atoms with Gasteiger partial charge in [0.1, 0.15) is 6.04 Å². The van der Waals surface area contributed by atoms with E-state index in [9.17, 15) is 28.8 Å². The largest absolute Gasteiger partial charge is 0.481 e. The van der Waals surface area contributed by atoms with Crippen molar-refractivity contribution >= 4 is 47.3 Å². The molecule has 0 spiro atoms. The second-order valence-electron chi connectivity index (χ2n) is 7.33. The number of hydrogen-bond donors (Lipinski definition) is 3. The topological polar surface area (TPSA) is 159 Å². The molecule has 11 nitrogen and oxygen atoms in total. The zero-order chi connectivity index (χ0) is 24.0. The van der Waals surface area contributed by atoms with Crippen LogP contribution in [0.1, 0.15) is 46.4 Å². The van der Waals surface area contributed by atoms with E-state index in [4.69, 9.17) is 9.84 Å². The first kappa shape index (κ1) is 24.4. The van der Waals surface area contributed by atoms with Gasteiger partial charge in [-0.15, -0.1) is 11.8 Å². The summed E-state index contributed by atoms with van der Waals surface area (Å²) in [6, 6.07) is 3.90. The van der Waals surface area contributed by atoms with Gasteiger partial charge in [0.15, 0.2) is 0 Å². The fraction of sp³-hybridized carbons (Fsp3) is 0.429. The predicted molar refractivity (Wildman–Crippen MR) is 115 cm³/mol.